The quantitative estimate of drug-likeness (QED) is 0.599. The molecule has 1 aromatic carbocycles. The highest BCUT2D eigenvalue weighted by Crippen LogP contribution is 2.27. The molecule has 8 nitrogen and oxygen atoms in total. The summed E-state index contributed by atoms with van der Waals surface area (Å²) in [5.41, 5.74) is 5.69. The molecule has 3 N–H and O–H groups in total. The molecule has 28 heavy (non-hydrogen) atoms. The SMILES string of the molecule is CC(C)(CCn1cc(-c2cc(Oc3ccc(N)c(F)c3)ccn2)nn1)C(=O)O. The van der Waals surface area contributed by atoms with Crippen molar-refractivity contribution < 1.29 is 19.0 Å². The van der Waals surface area contributed by atoms with E-state index in [2.05, 4.69) is 15.3 Å². The summed E-state index contributed by atoms with van der Waals surface area (Å²) in [6, 6.07) is 7.49. The van der Waals surface area contributed by atoms with Gasteiger partial charge < -0.3 is 15.6 Å². The van der Waals surface area contributed by atoms with Gasteiger partial charge in [-0.15, -0.1) is 5.10 Å². The van der Waals surface area contributed by atoms with Crippen molar-refractivity contribution in [3.63, 3.8) is 0 Å². The molecule has 0 aliphatic carbocycles. The molecule has 0 aliphatic rings. The fourth-order valence-corrected chi connectivity index (χ4v) is 2.35. The maximum absolute atomic E-state index is 13.6. The highest BCUT2D eigenvalue weighted by atomic mass is 19.1. The molecule has 0 radical (unpaired) electrons. The Kier molecular flexibility index (Phi) is 5.25. The Balaban J connectivity index is 1.73. The zero-order chi connectivity index (χ0) is 20.3. The fourth-order valence-electron chi connectivity index (χ4n) is 2.35. The largest absolute Gasteiger partial charge is 0.481 e. The molecular weight excluding hydrogens is 365 g/mol. The van der Waals surface area contributed by atoms with Crippen molar-refractivity contribution in [2.24, 2.45) is 5.41 Å². The van der Waals surface area contributed by atoms with Crippen LogP contribution in [0.4, 0.5) is 10.1 Å². The topological polar surface area (TPSA) is 116 Å². The summed E-state index contributed by atoms with van der Waals surface area (Å²) in [4.78, 5) is 15.4. The predicted molar refractivity (Wildman–Crippen MR) is 100 cm³/mol. The van der Waals surface area contributed by atoms with Crippen LogP contribution in [0.5, 0.6) is 11.5 Å². The normalized spacial score (nSPS) is 11.4. The number of halogens is 1. The number of aromatic nitrogens is 4. The van der Waals surface area contributed by atoms with Crippen molar-refractivity contribution in [1.29, 1.82) is 0 Å². The minimum absolute atomic E-state index is 0.0467. The van der Waals surface area contributed by atoms with Gasteiger partial charge in [0.1, 0.15) is 23.0 Å². The monoisotopic (exact) mass is 385 g/mol. The number of aryl methyl sites for hydroxylation is 1. The third kappa shape index (κ3) is 4.43. The van der Waals surface area contributed by atoms with Gasteiger partial charge in [0, 0.05) is 24.9 Å². The third-order valence-corrected chi connectivity index (χ3v) is 4.28. The van der Waals surface area contributed by atoms with Crippen molar-refractivity contribution >= 4 is 11.7 Å². The minimum atomic E-state index is -0.863. The molecule has 3 rings (SSSR count). The Hall–Kier alpha value is -3.49. The Morgan fingerprint density at radius 2 is 2.00 bits per heavy atom. The second-order valence-electron chi connectivity index (χ2n) is 6.97. The lowest BCUT2D eigenvalue weighted by atomic mass is 9.90. The lowest BCUT2D eigenvalue weighted by molar-refractivity contribution is -0.147. The van der Waals surface area contributed by atoms with Crippen molar-refractivity contribution in [2.75, 3.05) is 5.73 Å². The van der Waals surface area contributed by atoms with Crippen molar-refractivity contribution in [1.82, 2.24) is 20.0 Å². The smallest absolute Gasteiger partial charge is 0.309 e. The number of carbonyl (C=O) groups is 1. The number of hydrogen-bond donors (Lipinski definition) is 2. The van der Waals surface area contributed by atoms with Crippen LogP contribution in [0.25, 0.3) is 11.4 Å². The van der Waals surface area contributed by atoms with Crippen LogP contribution in [0.2, 0.25) is 0 Å². The Morgan fingerprint density at radius 3 is 2.71 bits per heavy atom. The van der Waals surface area contributed by atoms with Gasteiger partial charge in [-0.2, -0.15) is 0 Å². The average Bonchev–Trinajstić information content (AvgIpc) is 3.12. The van der Waals surface area contributed by atoms with Crippen molar-refractivity contribution in [3.8, 4) is 22.9 Å². The van der Waals surface area contributed by atoms with E-state index in [0.29, 0.717) is 35.9 Å². The van der Waals surface area contributed by atoms with E-state index < -0.39 is 17.2 Å². The number of benzene rings is 1. The second kappa shape index (κ2) is 7.63. The molecule has 0 aliphatic heterocycles. The van der Waals surface area contributed by atoms with Gasteiger partial charge in [-0.05, 0) is 38.5 Å². The van der Waals surface area contributed by atoms with E-state index in [-0.39, 0.29) is 5.69 Å². The molecule has 2 aromatic heterocycles. The number of nitrogens with zero attached hydrogens (tertiary/aromatic N) is 4. The molecule has 0 spiro atoms. The number of nitrogen functional groups attached to an aromatic ring is 1. The van der Waals surface area contributed by atoms with Gasteiger partial charge in [-0.1, -0.05) is 5.21 Å². The maximum Gasteiger partial charge on any atom is 0.309 e. The predicted octanol–water partition coefficient (Wildman–Crippen LogP) is 3.35. The highest BCUT2D eigenvalue weighted by Gasteiger charge is 2.26. The maximum atomic E-state index is 13.6. The van der Waals surface area contributed by atoms with Crippen LogP contribution in [0.3, 0.4) is 0 Å². The van der Waals surface area contributed by atoms with Crippen LogP contribution in [0, 0.1) is 11.2 Å². The first-order chi connectivity index (χ1) is 13.2. The first kappa shape index (κ1) is 19.3. The molecule has 0 atom stereocenters. The number of aliphatic carboxylic acids is 1. The van der Waals surface area contributed by atoms with Gasteiger partial charge in [0.15, 0.2) is 0 Å². The summed E-state index contributed by atoms with van der Waals surface area (Å²) in [6.45, 7) is 3.73. The van der Waals surface area contributed by atoms with Gasteiger partial charge in [0.2, 0.25) is 0 Å². The Morgan fingerprint density at radius 1 is 1.25 bits per heavy atom. The van der Waals surface area contributed by atoms with Gasteiger partial charge in [0.25, 0.3) is 0 Å². The van der Waals surface area contributed by atoms with Gasteiger partial charge in [0.05, 0.1) is 23.0 Å². The summed E-state index contributed by atoms with van der Waals surface area (Å²) >= 11 is 0. The van der Waals surface area contributed by atoms with Crippen LogP contribution in [-0.2, 0) is 11.3 Å². The van der Waals surface area contributed by atoms with Crippen LogP contribution >= 0.6 is 0 Å². The van der Waals surface area contributed by atoms with Crippen molar-refractivity contribution in [3.05, 3.63) is 48.5 Å². The number of rotatable bonds is 7. The molecular formula is C19H20FN5O3. The van der Waals surface area contributed by atoms with Gasteiger partial charge >= 0.3 is 5.97 Å². The molecule has 3 aromatic rings. The lowest BCUT2D eigenvalue weighted by Gasteiger charge is -2.18. The molecule has 0 bridgehead atoms. The Labute approximate surface area is 160 Å². The van der Waals surface area contributed by atoms with Crippen LogP contribution in [0.15, 0.2) is 42.7 Å². The summed E-state index contributed by atoms with van der Waals surface area (Å²) in [5.74, 6) is -0.656. The van der Waals surface area contributed by atoms with Gasteiger partial charge in [-0.3, -0.25) is 14.5 Å². The summed E-state index contributed by atoms with van der Waals surface area (Å²) in [7, 11) is 0. The number of anilines is 1. The number of carboxylic acids is 1. The number of pyridine rings is 1. The van der Waals surface area contributed by atoms with Gasteiger partial charge in [-0.25, -0.2) is 4.39 Å². The second-order valence-corrected chi connectivity index (χ2v) is 6.97. The standard InChI is InChI=1S/C19H20FN5O3/c1-19(2,18(26)27)6-8-25-11-17(23-24-25)16-10-13(5-7-22-16)28-12-3-4-15(21)14(20)9-12/h3-5,7,9-11H,6,8,21H2,1-2H3,(H,26,27). The first-order valence-electron chi connectivity index (χ1n) is 8.57. The molecule has 0 amide bonds. The lowest BCUT2D eigenvalue weighted by Crippen LogP contribution is -2.25. The van der Waals surface area contributed by atoms with E-state index in [4.69, 9.17) is 10.5 Å². The molecule has 0 fully saturated rings. The summed E-state index contributed by atoms with van der Waals surface area (Å²) in [5, 5.41) is 17.3. The molecule has 0 unspecified atom stereocenters. The zero-order valence-electron chi connectivity index (χ0n) is 15.5. The summed E-state index contributed by atoms with van der Waals surface area (Å²) in [6.07, 6.45) is 3.64. The van der Waals surface area contributed by atoms with E-state index >= 15 is 0 Å². The van der Waals surface area contributed by atoms with E-state index in [9.17, 15) is 14.3 Å². The molecule has 0 saturated carbocycles. The first-order valence-corrected chi connectivity index (χ1v) is 8.57. The number of hydrogen-bond acceptors (Lipinski definition) is 6. The van der Waals surface area contributed by atoms with E-state index in [0.717, 1.165) is 0 Å². The third-order valence-electron chi connectivity index (χ3n) is 4.28. The number of ether oxygens (including phenoxy) is 1. The van der Waals surface area contributed by atoms with E-state index in [1.54, 1.807) is 49.1 Å². The van der Waals surface area contributed by atoms with Crippen LogP contribution in [-0.4, -0.2) is 31.1 Å². The molecule has 146 valence electrons. The van der Waals surface area contributed by atoms with E-state index in [1.165, 1.54) is 12.1 Å². The zero-order valence-corrected chi connectivity index (χ0v) is 15.5. The average molecular weight is 385 g/mol. The van der Waals surface area contributed by atoms with E-state index in [1.807, 2.05) is 0 Å². The van der Waals surface area contributed by atoms with Crippen LogP contribution < -0.4 is 10.5 Å². The Bertz CT molecular complexity index is 1000. The summed E-state index contributed by atoms with van der Waals surface area (Å²) < 4.78 is 20.8. The molecule has 9 heteroatoms. The minimum Gasteiger partial charge on any atom is -0.481 e. The number of carboxylic acid groups (broad SMARTS) is 1. The van der Waals surface area contributed by atoms with Crippen LogP contribution in [0.1, 0.15) is 20.3 Å². The highest BCUT2D eigenvalue weighted by molar-refractivity contribution is 5.73. The molecule has 0 saturated heterocycles. The van der Waals surface area contributed by atoms with Crippen molar-refractivity contribution in [2.45, 2.75) is 26.8 Å². The number of nitrogens with two attached hydrogens (primary N) is 1. The molecule has 2 heterocycles. The fraction of sp³-hybridized carbons (Fsp3) is 0.263.